The molecule has 1 atom stereocenters. The van der Waals surface area contributed by atoms with E-state index >= 15 is 0 Å². The van der Waals surface area contributed by atoms with Crippen LogP contribution < -0.4 is 5.32 Å². The fourth-order valence-electron chi connectivity index (χ4n) is 1.51. The topological polar surface area (TPSA) is 38.1 Å². The van der Waals surface area contributed by atoms with Gasteiger partial charge in [-0.25, -0.2) is 4.98 Å². The van der Waals surface area contributed by atoms with Gasteiger partial charge in [0.15, 0.2) is 0 Å². The lowest BCUT2D eigenvalue weighted by molar-refractivity contribution is -0.157. The third kappa shape index (κ3) is 1.75. The summed E-state index contributed by atoms with van der Waals surface area (Å²) in [6.07, 6.45) is -1.65. The second-order valence-corrected chi connectivity index (χ2v) is 3.22. The summed E-state index contributed by atoms with van der Waals surface area (Å²) in [6.45, 7) is 0.818. The van der Waals surface area contributed by atoms with E-state index in [-0.39, 0.29) is 6.04 Å². The zero-order valence-corrected chi connectivity index (χ0v) is 7.27. The van der Waals surface area contributed by atoms with Gasteiger partial charge in [-0.3, -0.25) is 0 Å². The summed E-state index contributed by atoms with van der Waals surface area (Å²) >= 11 is 0. The lowest BCUT2D eigenvalue weighted by Gasteiger charge is -2.03. The largest absolute Gasteiger partial charge is 0.468 e. The van der Waals surface area contributed by atoms with Gasteiger partial charge in [-0.15, -0.1) is 0 Å². The molecule has 1 fully saturated rings. The molecule has 1 saturated heterocycles. The van der Waals surface area contributed by atoms with Crippen molar-refractivity contribution in [3.05, 3.63) is 17.8 Å². The number of aromatic nitrogens is 1. The quantitative estimate of drug-likeness (QED) is 0.764. The first-order valence-electron chi connectivity index (χ1n) is 4.33. The number of halogens is 3. The van der Waals surface area contributed by atoms with Gasteiger partial charge in [0.05, 0.1) is 11.7 Å². The van der Waals surface area contributed by atoms with Crippen molar-refractivity contribution < 1.29 is 17.6 Å². The lowest BCUT2D eigenvalue weighted by Crippen LogP contribution is -2.14. The first-order chi connectivity index (χ1) is 6.57. The van der Waals surface area contributed by atoms with Crippen molar-refractivity contribution in [1.82, 2.24) is 10.3 Å². The SMILES string of the molecule is FC(F)(F)c1nc(C2CCCN2)co1. The van der Waals surface area contributed by atoms with Gasteiger partial charge in [-0.2, -0.15) is 13.2 Å². The fraction of sp³-hybridized carbons (Fsp3) is 0.625. The highest BCUT2D eigenvalue weighted by atomic mass is 19.4. The second-order valence-electron chi connectivity index (χ2n) is 3.22. The maximum Gasteiger partial charge on any atom is 0.468 e. The van der Waals surface area contributed by atoms with Crippen LogP contribution in [-0.2, 0) is 6.18 Å². The molecule has 2 heterocycles. The highest BCUT2D eigenvalue weighted by Crippen LogP contribution is 2.30. The number of oxazole rings is 1. The number of hydrogen-bond acceptors (Lipinski definition) is 3. The van der Waals surface area contributed by atoms with E-state index in [0.717, 1.165) is 25.6 Å². The molecule has 0 spiro atoms. The van der Waals surface area contributed by atoms with Crippen LogP contribution in [0.2, 0.25) is 0 Å². The van der Waals surface area contributed by atoms with Gasteiger partial charge in [0.1, 0.15) is 6.26 Å². The van der Waals surface area contributed by atoms with E-state index in [1.165, 1.54) is 0 Å². The molecule has 78 valence electrons. The molecule has 1 aromatic heterocycles. The highest BCUT2D eigenvalue weighted by molar-refractivity contribution is 5.06. The van der Waals surface area contributed by atoms with Crippen LogP contribution in [0.5, 0.6) is 0 Å². The minimum atomic E-state index is -4.49. The molecule has 2 rings (SSSR count). The average molecular weight is 206 g/mol. The summed E-state index contributed by atoms with van der Waals surface area (Å²) in [5, 5.41) is 3.05. The number of alkyl halides is 3. The number of hydrogen-bond donors (Lipinski definition) is 1. The minimum absolute atomic E-state index is 0.0881. The Balaban J connectivity index is 2.17. The Bertz CT molecular complexity index is 315. The number of nitrogens with zero attached hydrogens (tertiary/aromatic N) is 1. The van der Waals surface area contributed by atoms with Crippen molar-refractivity contribution in [3.8, 4) is 0 Å². The molecule has 0 bridgehead atoms. The lowest BCUT2D eigenvalue weighted by atomic mass is 10.2. The van der Waals surface area contributed by atoms with Crippen molar-refractivity contribution in [2.45, 2.75) is 25.1 Å². The minimum Gasteiger partial charge on any atom is -0.441 e. The predicted molar refractivity (Wildman–Crippen MR) is 41.5 cm³/mol. The van der Waals surface area contributed by atoms with E-state index in [1.54, 1.807) is 0 Å². The summed E-state index contributed by atoms with van der Waals surface area (Å²) in [5.41, 5.74) is 0.342. The van der Waals surface area contributed by atoms with E-state index in [9.17, 15) is 13.2 Å². The first kappa shape index (κ1) is 9.51. The normalized spacial score (nSPS) is 22.9. The summed E-state index contributed by atoms with van der Waals surface area (Å²) in [5.74, 6) is -1.17. The predicted octanol–water partition coefficient (Wildman–Crippen LogP) is 2.12. The van der Waals surface area contributed by atoms with Crippen LogP contribution in [0.1, 0.15) is 30.5 Å². The van der Waals surface area contributed by atoms with Gasteiger partial charge in [0, 0.05) is 0 Å². The molecule has 1 aliphatic heterocycles. The standard InChI is InChI=1S/C8H9F3N2O/c9-8(10,11)7-13-6(4-14-7)5-2-1-3-12-5/h4-5,12H,1-3H2. The summed E-state index contributed by atoms with van der Waals surface area (Å²) < 4.78 is 40.7. The smallest absolute Gasteiger partial charge is 0.441 e. The van der Waals surface area contributed by atoms with Crippen molar-refractivity contribution >= 4 is 0 Å². The Morgan fingerprint density at radius 3 is 2.79 bits per heavy atom. The van der Waals surface area contributed by atoms with Gasteiger partial charge >= 0.3 is 12.1 Å². The van der Waals surface area contributed by atoms with Crippen LogP contribution in [0.15, 0.2) is 10.7 Å². The molecule has 0 aromatic carbocycles. The van der Waals surface area contributed by atoms with E-state index in [2.05, 4.69) is 14.7 Å². The molecule has 3 nitrogen and oxygen atoms in total. The molecule has 0 radical (unpaired) electrons. The fourth-order valence-corrected chi connectivity index (χ4v) is 1.51. The van der Waals surface area contributed by atoms with E-state index < -0.39 is 12.1 Å². The molecule has 1 unspecified atom stereocenters. The molecule has 0 saturated carbocycles. The monoisotopic (exact) mass is 206 g/mol. The summed E-state index contributed by atoms with van der Waals surface area (Å²) in [6, 6.07) is -0.0881. The Hall–Kier alpha value is -1.04. The zero-order chi connectivity index (χ0) is 10.2. The molecule has 0 amide bonds. The Morgan fingerprint density at radius 1 is 1.50 bits per heavy atom. The molecule has 0 aliphatic carbocycles. The average Bonchev–Trinajstić information content (AvgIpc) is 2.73. The summed E-state index contributed by atoms with van der Waals surface area (Å²) in [7, 11) is 0. The Morgan fingerprint density at radius 2 is 2.29 bits per heavy atom. The van der Waals surface area contributed by atoms with Crippen molar-refractivity contribution in [3.63, 3.8) is 0 Å². The highest BCUT2D eigenvalue weighted by Gasteiger charge is 2.38. The van der Waals surface area contributed by atoms with Crippen molar-refractivity contribution in [1.29, 1.82) is 0 Å². The molecule has 1 aromatic rings. The van der Waals surface area contributed by atoms with Crippen LogP contribution in [-0.4, -0.2) is 11.5 Å². The maximum atomic E-state index is 12.1. The van der Waals surface area contributed by atoms with Gasteiger partial charge in [0.2, 0.25) is 0 Å². The number of nitrogens with one attached hydrogen (secondary N) is 1. The molecule has 1 N–H and O–H groups in total. The third-order valence-electron chi connectivity index (χ3n) is 2.18. The Kier molecular flexibility index (Phi) is 2.22. The van der Waals surface area contributed by atoms with Crippen molar-refractivity contribution in [2.75, 3.05) is 6.54 Å². The van der Waals surface area contributed by atoms with Crippen LogP contribution in [0.4, 0.5) is 13.2 Å². The third-order valence-corrected chi connectivity index (χ3v) is 2.18. The van der Waals surface area contributed by atoms with Gasteiger partial charge in [-0.05, 0) is 19.4 Å². The van der Waals surface area contributed by atoms with Gasteiger partial charge in [-0.1, -0.05) is 0 Å². The molecule has 14 heavy (non-hydrogen) atoms. The van der Waals surface area contributed by atoms with Crippen molar-refractivity contribution in [2.24, 2.45) is 0 Å². The van der Waals surface area contributed by atoms with Crippen LogP contribution in [0.3, 0.4) is 0 Å². The number of rotatable bonds is 1. The first-order valence-corrected chi connectivity index (χ1v) is 4.33. The van der Waals surface area contributed by atoms with Gasteiger partial charge < -0.3 is 9.73 Å². The summed E-state index contributed by atoms with van der Waals surface area (Å²) in [4.78, 5) is 3.41. The molecular formula is C8H9F3N2O. The molecular weight excluding hydrogens is 197 g/mol. The van der Waals surface area contributed by atoms with Crippen LogP contribution >= 0.6 is 0 Å². The van der Waals surface area contributed by atoms with Gasteiger partial charge in [0.25, 0.3) is 0 Å². The zero-order valence-electron chi connectivity index (χ0n) is 7.27. The molecule has 1 aliphatic rings. The van der Waals surface area contributed by atoms with Crippen LogP contribution in [0, 0.1) is 0 Å². The van der Waals surface area contributed by atoms with Crippen LogP contribution in [0.25, 0.3) is 0 Å². The molecule has 6 heteroatoms. The van der Waals surface area contributed by atoms with E-state index in [0.29, 0.717) is 5.69 Å². The van der Waals surface area contributed by atoms with E-state index in [4.69, 9.17) is 0 Å². The second kappa shape index (κ2) is 3.27. The maximum absolute atomic E-state index is 12.1. The Labute approximate surface area is 78.3 Å². The van der Waals surface area contributed by atoms with E-state index in [1.807, 2.05) is 0 Å².